The van der Waals surface area contributed by atoms with Crippen LogP contribution in [0.3, 0.4) is 0 Å². The van der Waals surface area contributed by atoms with Gasteiger partial charge in [-0.1, -0.05) is 30.3 Å². The van der Waals surface area contributed by atoms with Crippen LogP contribution in [0, 0.1) is 19.7 Å². The monoisotopic (exact) mass is 350 g/mol. The number of nitrogens with zero attached hydrogens (tertiary/aromatic N) is 2. The zero-order valence-corrected chi connectivity index (χ0v) is 14.6. The Morgan fingerprint density at radius 1 is 0.962 bits per heavy atom. The number of nitrogens with one attached hydrogen (secondary N) is 2. The SMILES string of the molecule is Cc1cccc(C)c1Nc1ccc(C(=O)NCc2ccc(F)cc2)nn1. The number of anilines is 2. The molecule has 1 aromatic heterocycles. The van der Waals surface area contributed by atoms with E-state index >= 15 is 0 Å². The van der Waals surface area contributed by atoms with Crippen LogP contribution in [0.1, 0.15) is 27.2 Å². The molecule has 0 atom stereocenters. The summed E-state index contributed by atoms with van der Waals surface area (Å²) in [6.45, 7) is 4.32. The second-order valence-corrected chi connectivity index (χ2v) is 6.00. The molecular weight excluding hydrogens is 331 g/mol. The van der Waals surface area contributed by atoms with E-state index in [9.17, 15) is 9.18 Å². The van der Waals surface area contributed by atoms with Crippen LogP contribution in [-0.2, 0) is 6.54 Å². The Morgan fingerprint density at radius 2 is 1.65 bits per heavy atom. The third kappa shape index (κ3) is 4.22. The minimum Gasteiger partial charge on any atom is -0.347 e. The molecule has 1 amide bonds. The lowest BCUT2D eigenvalue weighted by Gasteiger charge is -2.11. The van der Waals surface area contributed by atoms with Crippen LogP contribution in [0.25, 0.3) is 0 Å². The molecule has 3 rings (SSSR count). The van der Waals surface area contributed by atoms with E-state index in [-0.39, 0.29) is 17.4 Å². The highest BCUT2D eigenvalue weighted by Crippen LogP contribution is 2.22. The number of amides is 1. The van der Waals surface area contributed by atoms with Crippen molar-refractivity contribution < 1.29 is 9.18 Å². The van der Waals surface area contributed by atoms with Gasteiger partial charge in [0, 0.05) is 12.2 Å². The number of carbonyl (C=O) groups is 1. The molecular formula is C20H19FN4O. The molecule has 0 aliphatic heterocycles. The number of hydrogen-bond donors (Lipinski definition) is 2. The van der Waals surface area contributed by atoms with Gasteiger partial charge in [-0.25, -0.2) is 4.39 Å². The standard InChI is InChI=1S/C20H19FN4O/c1-13-4-3-5-14(2)19(13)23-18-11-10-17(24-25-18)20(26)22-12-15-6-8-16(21)9-7-15/h3-11H,12H2,1-2H3,(H,22,26)(H,23,25). The molecule has 0 aliphatic rings. The fourth-order valence-electron chi connectivity index (χ4n) is 2.53. The highest BCUT2D eigenvalue weighted by Gasteiger charge is 2.09. The summed E-state index contributed by atoms with van der Waals surface area (Å²) in [4.78, 5) is 12.2. The summed E-state index contributed by atoms with van der Waals surface area (Å²) in [5.41, 5.74) is 4.22. The fraction of sp³-hybridized carbons (Fsp3) is 0.150. The van der Waals surface area contributed by atoms with Crippen molar-refractivity contribution in [2.45, 2.75) is 20.4 Å². The largest absolute Gasteiger partial charge is 0.347 e. The number of benzene rings is 2. The number of para-hydroxylation sites is 1. The highest BCUT2D eigenvalue weighted by atomic mass is 19.1. The van der Waals surface area contributed by atoms with Gasteiger partial charge >= 0.3 is 0 Å². The molecule has 0 bridgehead atoms. The van der Waals surface area contributed by atoms with E-state index in [1.54, 1.807) is 24.3 Å². The van der Waals surface area contributed by atoms with Crippen molar-refractivity contribution in [3.8, 4) is 0 Å². The Bertz CT molecular complexity index is 888. The van der Waals surface area contributed by atoms with Gasteiger partial charge in [0.15, 0.2) is 11.5 Å². The van der Waals surface area contributed by atoms with Crippen LogP contribution in [-0.4, -0.2) is 16.1 Å². The quantitative estimate of drug-likeness (QED) is 0.732. The van der Waals surface area contributed by atoms with E-state index in [1.165, 1.54) is 12.1 Å². The normalized spacial score (nSPS) is 10.4. The van der Waals surface area contributed by atoms with Crippen LogP contribution in [0.5, 0.6) is 0 Å². The number of carbonyl (C=O) groups excluding carboxylic acids is 1. The maximum absolute atomic E-state index is 12.9. The van der Waals surface area contributed by atoms with Gasteiger partial charge in [-0.3, -0.25) is 4.79 Å². The minimum atomic E-state index is -0.333. The van der Waals surface area contributed by atoms with Crippen LogP contribution in [0.15, 0.2) is 54.6 Å². The molecule has 3 aromatic rings. The first-order valence-corrected chi connectivity index (χ1v) is 8.22. The van der Waals surface area contributed by atoms with Gasteiger partial charge in [0.2, 0.25) is 0 Å². The molecule has 5 nitrogen and oxygen atoms in total. The molecule has 0 aliphatic carbocycles. The van der Waals surface area contributed by atoms with Gasteiger partial charge < -0.3 is 10.6 Å². The van der Waals surface area contributed by atoms with E-state index < -0.39 is 0 Å². The summed E-state index contributed by atoms with van der Waals surface area (Å²) in [5.74, 6) is -0.0733. The Balaban J connectivity index is 1.63. The van der Waals surface area contributed by atoms with Crippen LogP contribution in [0.4, 0.5) is 15.9 Å². The molecule has 0 unspecified atom stereocenters. The summed E-state index contributed by atoms with van der Waals surface area (Å²) in [5, 5.41) is 14.0. The molecule has 132 valence electrons. The molecule has 0 saturated heterocycles. The van der Waals surface area contributed by atoms with Crippen molar-refractivity contribution in [3.05, 3.63) is 82.8 Å². The average Bonchev–Trinajstić information content (AvgIpc) is 2.65. The molecule has 2 N–H and O–H groups in total. The predicted molar refractivity (Wildman–Crippen MR) is 98.8 cm³/mol. The van der Waals surface area contributed by atoms with Crippen molar-refractivity contribution in [3.63, 3.8) is 0 Å². The lowest BCUT2D eigenvalue weighted by atomic mass is 10.1. The van der Waals surface area contributed by atoms with E-state index in [4.69, 9.17) is 0 Å². The van der Waals surface area contributed by atoms with Gasteiger partial charge in [0.25, 0.3) is 5.91 Å². The smallest absolute Gasteiger partial charge is 0.272 e. The second kappa shape index (κ2) is 7.74. The summed E-state index contributed by atoms with van der Waals surface area (Å²) in [6, 6.07) is 15.3. The molecule has 0 spiro atoms. The first kappa shape index (κ1) is 17.5. The van der Waals surface area contributed by atoms with E-state index in [0.717, 1.165) is 22.4 Å². The van der Waals surface area contributed by atoms with Gasteiger partial charge in [0.1, 0.15) is 5.82 Å². The maximum atomic E-state index is 12.9. The van der Waals surface area contributed by atoms with Crippen molar-refractivity contribution >= 4 is 17.4 Å². The Kier molecular flexibility index (Phi) is 5.22. The number of rotatable bonds is 5. The Morgan fingerprint density at radius 3 is 2.27 bits per heavy atom. The van der Waals surface area contributed by atoms with Crippen molar-refractivity contribution in [2.75, 3.05) is 5.32 Å². The third-order valence-electron chi connectivity index (χ3n) is 4.00. The van der Waals surface area contributed by atoms with Crippen LogP contribution in [0.2, 0.25) is 0 Å². The number of aromatic nitrogens is 2. The fourth-order valence-corrected chi connectivity index (χ4v) is 2.53. The number of halogens is 1. The molecule has 1 heterocycles. The first-order valence-electron chi connectivity index (χ1n) is 8.22. The number of aryl methyl sites for hydroxylation is 2. The Labute approximate surface area is 151 Å². The molecule has 0 radical (unpaired) electrons. The zero-order valence-electron chi connectivity index (χ0n) is 14.6. The summed E-state index contributed by atoms with van der Waals surface area (Å²) in [7, 11) is 0. The topological polar surface area (TPSA) is 66.9 Å². The van der Waals surface area contributed by atoms with Crippen LogP contribution < -0.4 is 10.6 Å². The predicted octanol–water partition coefficient (Wildman–Crippen LogP) is 3.91. The number of hydrogen-bond acceptors (Lipinski definition) is 4. The summed E-state index contributed by atoms with van der Waals surface area (Å²) in [6.07, 6.45) is 0. The van der Waals surface area contributed by atoms with Crippen molar-refractivity contribution in [1.29, 1.82) is 0 Å². The minimum absolute atomic E-state index is 0.221. The van der Waals surface area contributed by atoms with Gasteiger partial charge in [-0.2, -0.15) is 0 Å². The van der Waals surface area contributed by atoms with Crippen molar-refractivity contribution in [1.82, 2.24) is 15.5 Å². The summed E-state index contributed by atoms with van der Waals surface area (Å²) < 4.78 is 12.9. The maximum Gasteiger partial charge on any atom is 0.272 e. The zero-order chi connectivity index (χ0) is 18.5. The highest BCUT2D eigenvalue weighted by molar-refractivity contribution is 5.92. The molecule has 0 saturated carbocycles. The van der Waals surface area contributed by atoms with E-state index in [0.29, 0.717) is 12.4 Å². The van der Waals surface area contributed by atoms with Gasteiger partial charge in [0.05, 0.1) is 0 Å². The summed E-state index contributed by atoms with van der Waals surface area (Å²) >= 11 is 0. The average molecular weight is 350 g/mol. The van der Waals surface area contributed by atoms with Gasteiger partial charge in [-0.15, -0.1) is 10.2 Å². The lowest BCUT2D eigenvalue weighted by molar-refractivity contribution is 0.0945. The van der Waals surface area contributed by atoms with E-state index in [1.807, 2.05) is 32.0 Å². The lowest BCUT2D eigenvalue weighted by Crippen LogP contribution is -2.24. The second-order valence-electron chi connectivity index (χ2n) is 6.00. The molecule has 0 fully saturated rings. The van der Waals surface area contributed by atoms with Crippen LogP contribution >= 0.6 is 0 Å². The third-order valence-corrected chi connectivity index (χ3v) is 4.00. The van der Waals surface area contributed by atoms with E-state index in [2.05, 4.69) is 20.8 Å². The Hall–Kier alpha value is -3.28. The first-order chi connectivity index (χ1) is 12.5. The van der Waals surface area contributed by atoms with Crippen molar-refractivity contribution in [2.24, 2.45) is 0 Å². The molecule has 2 aromatic carbocycles. The van der Waals surface area contributed by atoms with Gasteiger partial charge in [-0.05, 0) is 54.8 Å². The molecule has 6 heteroatoms. The molecule has 26 heavy (non-hydrogen) atoms.